The van der Waals surface area contributed by atoms with E-state index >= 15 is 0 Å². The number of cyclic esters (lactones) is 1. The Balaban J connectivity index is 1.61. The van der Waals surface area contributed by atoms with Gasteiger partial charge in [0, 0.05) is 20.8 Å². The summed E-state index contributed by atoms with van der Waals surface area (Å²) in [5.74, 6) is -0.987. The fraction of sp³-hybridized carbons (Fsp3) is 0.440. The molecule has 0 spiro atoms. The number of nitrogens with zero attached hydrogens (tertiary/aromatic N) is 1. The van der Waals surface area contributed by atoms with Crippen LogP contribution in [0.4, 0.5) is 4.79 Å². The van der Waals surface area contributed by atoms with Crippen LogP contribution >= 0.6 is 0 Å². The highest BCUT2D eigenvalue weighted by Gasteiger charge is 2.43. The minimum Gasteiger partial charge on any atom is -0.447 e. The second kappa shape index (κ2) is 12.3. The van der Waals surface area contributed by atoms with Gasteiger partial charge in [0.2, 0.25) is 5.91 Å². The third-order valence-corrected chi connectivity index (χ3v) is 5.54. The Bertz CT molecular complexity index is 840. The molecule has 2 amide bonds. The van der Waals surface area contributed by atoms with E-state index in [1.165, 1.54) is 19.1 Å². The molecule has 7 heteroatoms. The molecular formula is C25H31NO6. The molecular weight excluding hydrogens is 410 g/mol. The normalized spacial score (nSPS) is 16.9. The Hall–Kier alpha value is -2.74. The van der Waals surface area contributed by atoms with Gasteiger partial charge in [-0.2, -0.15) is 0 Å². The highest BCUT2D eigenvalue weighted by atomic mass is 16.7. The summed E-state index contributed by atoms with van der Waals surface area (Å²) in [6.07, 6.45) is 0.241. The van der Waals surface area contributed by atoms with Crippen LogP contribution in [0.1, 0.15) is 24.0 Å². The summed E-state index contributed by atoms with van der Waals surface area (Å²) >= 11 is 0. The number of ether oxygens (including phenoxy) is 4. The molecule has 0 aliphatic carbocycles. The van der Waals surface area contributed by atoms with Gasteiger partial charge in [0.15, 0.2) is 6.29 Å². The van der Waals surface area contributed by atoms with Crippen molar-refractivity contribution in [3.05, 3.63) is 71.8 Å². The van der Waals surface area contributed by atoms with Crippen molar-refractivity contribution in [2.75, 3.05) is 27.4 Å². The summed E-state index contributed by atoms with van der Waals surface area (Å²) in [5, 5.41) is 0. The first-order chi connectivity index (χ1) is 15.6. The second-order valence-electron chi connectivity index (χ2n) is 7.76. The highest BCUT2D eigenvalue weighted by molar-refractivity contribution is 5.95. The molecule has 1 heterocycles. The Labute approximate surface area is 189 Å². The molecule has 0 N–H and O–H groups in total. The number of imide groups is 1. The van der Waals surface area contributed by atoms with Gasteiger partial charge in [0.25, 0.3) is 0 Å². The van der Waals surface area contributed by atoms with Crippen molar-refractivity contribution < 1.29 is 28.5 Å². The number of methoxy groups -OCH3 is 2. The molecule has 1 saturated heterocycles. The lowest BCUT2D eigenvalue weighted by Crippen LogP contribution is -2.47. The van der Waals surface area contributed by atoms with Gasteiger partial charge >= 0.3 is 6.09 Å². The average Bonchev–Trinajstić information content (AvgIpc) is 3.19. The molecule has 2 aromatic rings. The van der Waals surface area contributed by atoms with E-state index < -0.39 is 18.3 Å². The van der Waals surface area contributed by atoms with Gasteiger partial charge in [-0.15, -0.1) is 0 Å². The van der Waals surface area contributed by atoms with E-state index in [-0.39, 0.29) is 18.6 Å². The van der Waals surface area contributed by atoms with Crippen LogP contribution in [-0.4, -0.2) is 56.7 Å². The van der Waals surface area contributed by atoms with Gasteiger partial charge in [-0.25, -0.2) is 9.69 Å². The standard InChI is InChI=1S/C25H31NO6/c1-29-24(30-2)22(14-9-15-31-17-20-12-7-4-8-13-20)23(27)26-21(18-32-25(26)28)16-19-10-5-3-6-11-19/h3-8,10-13,21-22,24H,9,14-18H2,1-2H3/t21-,22-/m1/s1. The van der Waals surface area contributed by atoms with Crippen LogP contribution in [0.5, 0.6) is 0 Å². The molecule has 0 saturated carbocycles. The smallest absolute Gasteiger partial charge is 0.416 e. The number of hydrogen-bond acceptors (Lipinski definition) is 6. The Morgan fingerprint density at radius 2 is 1.66 bits per heavy atom. The molecule has 1 fully saturated rings. The van der Waals surface area contributed by atoms with Gasteiger partial charge in [-0.1, -0.05) is 60.7 Å². The third kappa shape index (κ3) is 6.38. The van der Waals surface area contributed by atoms with Crippen LogP contribution in [0, 0.1) is 5.92 Å². The van der Waals surface area contributed by atoms with E-state index in [1.54, 1.807) is 0 Å². The Kier molecular flexibility index (Phi) is 9.22. The molecule has 172 valence electrons. The fourth-order valence-corrected chi connectivity index (χ4v) is 3.92. The maximum atomic E-state index is 13.4. The molecule has 0 aromatic heterocycles. The molecule has 32 heavy (non-hydrogen) atoms. The molecule has 2 aromatic carbocycles. The number of benzene rings is 2. The number of carbonyl (C=O) groups excluding carboxylic acids is 2. The lowest BCUT2D eigenvalue weighted by Gasteiger charge is -2.29. The molecule has 7 nitrogen and oxygen atoms in total. The van der Waals surface area contributed by atoms with Crippen LogP contribution in [0.2, 0.25) is 0 Å². The molecule has 1 aliphatic rings. The molecule has 0 radical (unpaired) electrons. The van der Waals surface area contributed by atoms with E-state index in [9.17, 15) is 9.59 Å². The predicted molar refractivity (Wildman–Crippen MR) is 119 cm³/mol. The highest BCUT2D eigenvalue weighted by Crippen LogP contribution is 2.25. The van der Waals surface area contributed by atoms with E-state index in [2.05, 4.69) is 0 Å². The quantitative estimate of drug-likeness (QED) is 0.368. The van der Waals surface area contributed by atoms with Crippen molar-refractivity contribution in [3.8, 4) is 0 Å². The summed E-state index contributed by atoms with van der Waals surface area (Å²) in [4.78, 5) is 27.1. The average molecular weight is 442 g/mol. The third-order valence-electron chi connectivity index (χ3n) is 5.54. The topological polar surface area (TPSA) is 74.3 Å². The molecule has 2 atom stereocenters. The lowest BCUT2D eigenvalue weighted by molar-refractivity contribution is -0.166. The van der Waals surface area contributed by atoms with Gasteiger partial charge < -0.3 is 18.9 Å². The van der Waals surface area contributed by atoms with Crippen molar-refractivity contribution in [3.63, 3.8) is 0 Å². The van der Waals surface area contributed by atoms with Crippen LogP contribution in [0.25, 0.3) is 0 Å². The van der Waals surface area contributed by atoms with E-state index in [0.29, 0.717) is 32.5 Å². The number of rotatable bonds is 12. The number of carbonyl (C=O) groups is 2. The molecule has 0 unspecified atom stereocenters. The van der Waals surface area contributed by atoms with Gasteiger partial charge in [0.05, 0.1) is 18.6 Å². The SMILES string of the molecule is COC(OC)[C@H](CCCOCc1ccccc1)C(=O)N1C(=O)OC[C@H]1Cc1ccccc1. The Morgan fingerprint density at radius 3 is 2.28 bits per heavy atom. The molecule has 1 aliphatic heterocycles. The summed E-state index contributed by atoms with van der Waals surface area (Å²) < 4.78 is 21.8. The van der Waals surface area contributed by atoms with Crippen LogP contribution in [-0.2, 0) is 36.8 Å². The van der Waals surface area contributed by atoms with Crippen molar-refractivity contribution in [2.45, 2.75) is 38.2 Å². The van der Waals surface area contributed by atoms with E-state index in [1.807, 2.05) is 60.7 Å². The summed E-state index contributed by atoms with van der Waals surface area (Å²) in [7, 11) is 2.98. The molecule has 0 bridgehead atoms. The monoisotopic (exact) mass is 441 g/mol. The lowest BCUT2D eigenvalue weighted by atomic mass is 9.98. The number of amides is 2. The Morgan fingerprint density at radius 1 is 1.03 bits per heavy atom. The maximum Gasteiger partial charge on any atom is 0.416 e. The fourth-order valence-electron chi connectivity index (χ4n) is 3.92. The van der Waals surface area contributed by atoms with Crippen molar-refractivity contribution in [1.82, 2.24) is 4.90 Å². The zero-order valence-electron chi connectivity index (χ0n) is 18.6. The van der Waals surface area contributed by atoms with E-state index in [0.717, 1.165) is 11.1 Å². The van der Waals surface area contributed by atoms with Crippen molar-refractivity contribution >= 4 is 12.0 Å². The zero-order valence-corrected chi connectivity index (χ0v) is 18.6. The van der Waals surface area contributed by atoms with Crippen LogP contribution < -0.4 is 0 Å². The van der Waals surface area contributed by atoms with Gasteiger partial charge in [-0.05, 0) is 30.4 Å². The first-order valence-electron chi connectivity index (χ1n) is 10.8. The summed E-state index contributed by atoms with van der Waals surface area (Å²) in [5.41, 5.74) is 2.13. The van der Waals surface area contributed by atoms with Gasteiger partial charge in [-0.3, -0.25) is 4.79 Å². The summed E-state index contributed by atoms with van der Waals surface area (Å²) in [6.45, 7) is 1.17. The van der Waals surface area contributed by atoms with Crippen molar-refractivity contribution in [1.29, 1.82) is 0 Å². The largest absolute Gasteiger partial charge is 0.447 e. The van der Waals surface area contributed by atoms with E-state index in [4.69, 9.17) is 18.9 Å². The number of hydrogen-bond donors (Lipinski definition) is 0. The van der Waals surface area contributed by atoms with Crippen molar-refractivity contribution in [2.24, 2.45) is 5.92 Å². The minimum absolute atomic E-state index is 0.178. The predicted octanol–water partition coefficient (Wildman–Crippen LogP) is 3.81. The summed E-state index contributed by atoms with van der Waals surface area (Å²) in [6, 6.07) is 19.3. The van der Waals surface area contributed by atoms with Crippen LogP contribution in [0.15, 0.2) is 60.7 Å². The minimum atomic E-state index is -0.762. The zero-order chi connectivity index (χ0) is 22.8. The maximum absolute atomic E-state index is 13.4. The first kappa shape index (κ1) is 23.9. The van der Waals surface area contributed by atoms with Crippen LogP contribution in [0.3, 0.4) is 0 Å². The first-order valence-corrected chi connectivity index (χ1v) is 10.8. The van der Waals surface area contributed by atoms with Gasteiger partial charge in [0.1, 0.15) is 6.61 Å². The molecule has 3 rings (SSSR count). The second-order valence-corrected chi connectivity index (χ2v) is 7.76.